The molecule has 1 heterocycles. The van der Waals surface area contributed by atoms with Gasteiger partial charge in [-0.05, 0) is 25.0 Å². The number of nitrogens with one attached hydrogen (secondary N) is 1. The molecule has 0 fully saturated rings. The molecule has 2 aromatic rings. The van der Waals surface area contributed by atoms with Gasteiger partial charge in [0, 0.05) is 12.7 Å². The fraction of sp³-hybridized carbons (Fsp3) is 0.400. The Morgan fingerprint density at radius 3 is 2.48 bits per heavy atom. The average molecular weight is 304 g/mol. The average Bonchev–Trinajstić information content (AvgIpc) is 2.89. The van der Waals surface area contributed by atoms with Gasteiger partial charge in [-0.3, -0.25) is 9.89 Å². The van der Waals surface area contributed by atoms with Crippen LogP contribution in [0.25, 0.3) is 0 Å². The minimum Gasteiger partial charge on any atom is -0.315 e. The van der Waals surface area contributed by atoms with Crippen LogP contribution in [0.2, 0.25) is 0 Å². The molecule has 0 saturated heterocycles. The Morgan fingerprint density at radius 1 is 1.29 bits per heavy atom. The number of carbonyl (C=O) groups is 1. The first kappa shape index (κ1) is 15.6. The van der Waals surface area contributed by atoms with Gasteiger partial charge >= 0.3 is 0 Å². The van der Waals surface area contributed by atoms with E-state index in [-0.39, 0.29) is 17.1 Å². The second-order valence-electron chi connectivity index (χ2n) is 5.22. The molecule has 1 N–H and O–H groups in total. The normalized spacial score (nSPS) is 12.4. The molecule has 0 radical (unpaired) electrons. The van der Waals surface area contributed by atoms with Gasteiger partial charge in [0.1, 0.15) is 5.82 Å². The van der Waals surface area contributed by atoms with Crippen molar-refractivity contribution in [2.75, 3.05) is 11.9 Å². The third-order valence-corrected chi connectivity index (χ3v) is 4.53. The highest BCUT2D eigenvalue weighted by atomic mass is 32.2. The quantitative estimate of drug-likeness (QED) is 0.863. The molecule has 6 heteroatoms. The molecule has 5 nitrogen and oxygen atoms in total. The summed E-state index contributed by atoms with van der Waals surface area (Å²) in [7, 11) is 1.80. The first-order chi connectivity index (χ1) is 9.99. The number of rotatable bonds is 5. The number of aromatic amines is 1. The standard InChI is InChI=1S/C15H20N4OS/c1-10(2)13(21-15-16-11(3)17-18-15)14(20)19(4)12-8-6-5-7-9-12/h5-10,13H,1-4H3,(H,16,17,18). The summed E-state index contributed by atoms with van der Waals surface area (Å²) in [5, 5.41) is 7.31. The topological polar surface area (TPSA) is 61.9 Å². The van der Waals surface area contributed by atoms with Crippen molar-refractivity contribution in [1.82, 2.24) is 15.2 Å². The molecule has 1 unspecified atom stereocenters. The molecule has 2 rings (SSSR count). The van der Waals surface area contributed by atoms with Crippen LogP contribution in [0.4, 0.5) is 5.69 Å². The van der Waals surface area contributed by atoms with Gasteiger partial charge in [-0.25, -0.2) is 4.98 Å². The molecule has 21 heavy (non-hydrogen) atoms. The Balaban J connectivity index is 2.16. The number of benzene rings is 1. The lowest BCUT2D eigenvalue weighted by molar-refractivity contribution is -0.118. The van der Waals surface area contributed by atoms with Gasteiger partial charge in [0.05, 0.1) is 5.25 Å². The van der Waals surface area contributed by atoms with E-state index in [4.69, 9.17) is 0 Å². The fourth-order valence-corrected chi connectivity index (χ4v) is 2.98. The Bertz CT molecular complexity index is 597. The summed E-state index contributed by atoms with van der Waals surface area (Å²) in [5.74, 6) is 1.000. The second-order valence-corrected chi connectivity index (χ2v) is 6.33. The number of nitrogens with zero attached hydrogens (tertiary/aromatic N) is 3. The molecular weight excluding hydrogens is 284 g/mol. The summed E-state index contributed by atoms with van der Waals surface area (Å²) in [6.07, 6.45) is 0. The number of H-pyrrole nitrogens is 1. The van der Waals surface area contributed by atoms with E-state index in [0.29, 0.717) is 5.16 Å². The smallest absolute Gasteiger partial charge is 0.240 e. The third kappa shape index (κ3) is 3.85. The Hall–Kier alpha value is -1.82. The lowest BCUT2D eigenvalue weighted by Gasteiger charge is -2.25. The van der Waals surface area contributed by atoms with Crippen molar-refractivity contribution in [3.05, 3.63) is 36.2 Å². The predicted octanol–water partition coefficient (Wildman–Crippen LogP) is 2.89. The second kappa shape index (κ2) is 6.76. The van der Waals surface area contributed by atoms with E-state index in [9.17, 15) is 4.79 Å². The zero-order chi connectivity index (χ0) is 15.4. The van der Waals surface area contributed by atoms with Gasteiger partial charge in [0.25, 0.3) is 0 Å². The third-order valence-electron chi connectivity index (χ3n) is 3.13. The molecule has 0 bridgehead atoms. The van der Waals surface area contributed by atoms with Gasteiger partial charge in [-0.1, -0.05) is 43.8 Å². The number of thioether (sulfide) groups is 1. The zero-order valence-electron chi connectivity index (χ0n) is 12.7. The van der Waals surface area contributed by atoms with Crippen LogP contribution in [0, 0.1) is 12.8 Å². The van der Waals surface area contributed by atoms with Crippen molar-refractivity contribution < 1.29 is 4.79 Å². The van der Waals surface area contributed by atoms with Crippen LogP contribution in [-0.4, -0.2) is 33.4 Å². The maximum absolute atomic E-state index is 12.7. The molecular formula is C15H20N4OS. The highest BCUT2D eigenvalue weighted by Gasteiger charge is 2.28. The number of anilines is 1. The predicted molar refractivity (Wildman–Crippen MR) is 85.5 cm³/mol. The minimum atomic E-state index is -0.217. The summed E-state index contributed by atoms with van der Waals surface area (Å²) in [6.45, 7) is 5.92. The van der Waals surface area contributed by atoms with Crippen molar-refractivity contribution >= 4 is 23.4 Å². The molecule has 1 atom stereocenters. The van der Waals surface area contributed by atoms with Gasteiger partial charge in [-0.2, -0.15) is 0 Å². The highest BCUT2D eigenvalue weighted by Crippen LogP contribution is 2.28. The number of aromatic nitrogens is 3. The lowest BCUT2D eigenvalue weighted by atomic mass is 10.1. The van der Waals surface area contributed by atoms with Crippen molar-refractivity contribution in [2.24, 2.45) is 5.92 Å². The van der Waals surface area contributed by atoms with Crippen molar-refractivity contribution in [3.8, 4) is 0 Å². The van der Waals surface area contributed by atoms with E-state index in [1.807, 2.05) is 51.1 Å². The van der Waals surface area contributed by atoms with E-state index in [1.54, 1.807) is 11.9 Å². The first-order valence-corrected chi connectivity index (χ1v) is 7.75. The van der Waals surface area contributed by atoms with Crippen LogP contribution >= 0.6 is 11.8 Å². The fourth-order valence-electron chi connectivity index (χ4n) is 1.93. The molecule has 112 valence electrons. The largest absolute Gasteiger partial charge is 0.315 e. The molecule has 0 aliphatic carbocycles. The Labute approximate surface area is 129 Å². The van der Waals surface area contributed by atoms with Crippen molar-refractivity contribution in [2.45, 2.75) is 31.2 Å². The first-order valence-electron chi connectivity index (χ1n) is 6.87. The SMILES string of the molecule is Cc1nc(SC(C(=O)N(C)c2ccccc2)C(C)C)n[nH]1. The maximum Gasteiger partial charge on any atom is 0.240 e. The van der Waals surface area contributed by atoms with Crippen LogP contribution in [0.1, 0.15) is 19.7 Å². The number of amides is 1. The summed E-state index contributed by atoms with van der Waals surface area (Å²) in [4.78, 5) is 18.7. The molecule has 1 aromatic carbocycles. The highest BCUT2D eigenvalue weighted by molar-refractivity contribution is 8.00. The van der Waals surface area contributed by atoms with Crippen LogP contribution in [0.3, 0.4) is 0 Å². The van der Waals surface area contributed by atoms with E-state index in [0.717, 1.165) is 11.5 Å². The molecule has 1 aromatic heterocycles. The Kier molecular flexibility index (Phi) is 5.01. The Morgan fingerprint density at radius 2 is 1.95 bits per heavy atom. The lowest BCUT2D eigenvalue weighted by Crippen LogP contribution is -2.37. The summed E-state index contributed by atoms with van der Waals surface area (Å²) in [6, 6.07) is 9.64. The number of hydrogen-bond acceptors (Lipinski definition) is 4. The molecule has 0 aliphatic rings. The number of hydrogen-bond donors (Lipinski definition) is 1. The number of aryl methyl sites for hydroxylation is 1. The van der Waals surface area contributed by atoms with Crippen LogP contribution in [0.15, 0.2) is 35.5 Å². The minimum absolute atomic E-state index is 0.0589. The molecule has 0 spiro atoms. The summed E-state index contributed by atoms with van der Waals surface area (Å²) in [5.41, 5.74) is 0.889. The van der Waals surface area contributed by atoms with Crippen LogP contribution in [-0.2, 0) is 4.79 Å². The van der Waals surface area contributed by atoms with E-state index < -0.39 is 0 Å². The van der Waals surface area contributed by atoms with Crippen molar-refractivity contribution in [3.63, 3.8) is 0 Å². The molecule has 0 aliphatic heterocycles. The van der Waals surface area contributed by atoms with Crippen molar-refractivity contribution in [1.29, 1.82) is 0 Å². The maximum atomic E-state index is 12.7. The van der Waals surface area contributed by atoms with Gasteiger partial charge in [-0.15, -0.1) is 5.10 Å². The van der Waals surface area contributed by atoms with Gasteiger partial charge < -0.3 is 4.90 Å². The monoisotopic (exact) mass is 304 g/mol. The summed E-state index contributed by atoms with van der Waals surface area (Å²) < 4.78 is 0. The van der Waals surface area contributed by atoms with Crippen LogP contribution < -0.4 is 4.90 Å². The van der Waals surface area contributed by atoms with Crippen LogP contribution in [0.5, 0.6) is 0 Å². The van der Waals surface area contributed by atoms with E-state index in [1.165, 1.54) is 11.8 Å². The van der Waals surface area contributed by atoms with Gasteiger partial charge in [0.2, 0.25) is 11.1 Å². The van der Waals surface area contributed by atoms with E-state index in [2.05, 4.69) is 15.2 Å². The number of para-hydroxylation sites is 1. The zero-order valence-corrected chi connectivity index (χ0v) is 13.5. The number of carbonyl (C=O) groups excluding carboxylic acids is 1. The molecule has 0 saturated carbocycles. The molecule has 1 amide bonds. The van der Waals surface area contributed by atoms with Gasteiger partial charge in [0.15, 0.2) is 0 Å². The summed E-state index contributed by atoms with van der Waals surface area (Å²) >= 11 is 1.40. The van der Waals surface area contributed by atoms with E-state index >= 15 is 0 Å².